The Morgan fingerprint density at radius 2 is 1.85 bits per heavy atom. The maximum absolute atomic E-state index is 13.5. The number of carbonyl (C=O) groups is 1. The standard InChI is InChI=1S/C13H10F2N2O3/c14-8-2-3-9(16)12(11(8)15)17-13(20)7-5-6(18)1-4-10(7)19/h1-5,18-19H,16H2,(H,17,20). The highest BCUT2D eigenvalue weighted by atomic mass is 19.2. The molecule has 1 amide bonds. The lowest BCUT2D eigenvalue weighted by Gasteiger charge is -2.10. The van der Waals surface area contributed by atoms with Crippen molar-refractivity contribution in [1.29, 1.82) is 0 Å². The van der Waals surface area contributed by atoms with Crippen LogP contribution in [-0.4, -0.2) is 16.1 Å². The van der Waals surface area contributed by atoms with E-state index in [2.05, 4.69) is 5.32 Å². The average molecular weight is 280 g/mol. The normalized spacial score (nSPS) is 10.3. The van der Waals surface area contributed by atoms with Crippen LogP contribution in [0.3, 0.4) is 0 Å². The highest BCUT2D eigenvalue weighted by molar-refractivity contribution is 6.07. The molecule has 0 bridgehead atoms. The summed E-state index contributed by atoms with van der Waals surface area (Å²) in [6.45, 7) is 0. The minimum atomic E-state index is -1.31. The predicted octanol–water partition coefficient (Wildman–Crippen LogP) is 2.21. The number of hydrogen-bond acceptors (Lipinski definition) is 4. The van der Waals surface area contributed by atoms with Crippen molar-refractivity contribution < 1.29 is 23.8 Å². The van der Waals surface area contributed by atoms with Crippen molar-refractivity contribution in [3.8, 4) is 11.5 Å². The SMILES string of the molecule is Nc1ccc(F)c(F)c1NC(=O)c1cc(O)ccc1O. The third-order valence-electron chi connectivity index (χ3n) is 2.59. The fourth-order valence-corrected chi connectivity index (χ4v) is 1.58. The number of nitrogens with one attached hydrogen (secondary N) is 1. The van der Waals surface area contributed by atoms with E-state index in [1.807, 2.05) is 0 Å². The summed E-state index contributed by atoms with van der Waals surface area (Å²) in [5.41, 5.74) is 4.45. The molecular weight excluding hydrogens is 270 g/mol. The van der Waals surface area contributed by atoms with E-state index in [0.29, 0.717) is 0 Å². The van der Waals surface area contributed by atoms with E-state index in [4.69, 9.17) is 5.73 Å². The Balaban J connectivity index is 2.38. The smallest absolute Gasteiger partial charge is 0.259 e. The third kappa shape index (κ3) is 2.46. The highest BCUT2D eigenvalue weighted by Crippen LogP contribution is 2.27. The van der Waals surface area contributed by atoms with Gasteiger partial charge in [-0.25, -0.2) is 8.78 Å². The van der Waals surface area contributed by atoms with Crippen LogP contribution in [0.4, 0.5) is 20.2 Å². The number of nitrogens with two attached hydrogens (primary N) is 1. The minimum absolute atomic E-state index is 0.170. The fraction of sp³-hybridized carbons (Fsp3) is 0. The molecule has 0 saturated carbocycles. The van der Waals surface area contributed by atoms with Crippen LogP contribution in [0.25, 0.3) is 0 Å². The lowest BCUT2D eigenvalue weighted by atomic mass is 10.1. The van der Waals surface area contributed by atoms with Crippen molar-refractivity contribution in [2.24, 2.45) is 0 Å². The largest absolute Gasteiger partial charge is 0.508 e. The maximum atomic E-state index is 13.5. The highest BCUT2D eigenvalue weighted by Gasteiger charge is 2.18. The Bertz CT molecular complexity index is 690. The first kappa shape index (κ1) is 13.6. The van der Waals surface area contributed by atoms with Gasteiger partial charge in [-0.05, 0) is 30.3 Å². The molecule has 7 heteroatoms. The number of hydrogen-bond donors (Lipinski definition) is 4. The van der Waals surface area contributed by atoms with Gasteiger partial charge < -0.3 is 21.3 Å². The summed E-state index contributed by atoms with van der Waals surface area (Å²) >= 11 is 0. The van der Waals surface area contributed by atoms with Crippen molar-refractivity contribution in [2.45, 2.75) is 0 Å². The molecule has 0 radical (unpaired) electrons. The van der Waals surface area contributed by atoms with Gasteiger partial charge in [0.25, 0.3) is 5.91 Å². The second kappa shape index (κ2) is 5.04. The Kier molecular flexibility index (Phi) is 3.43. The molecule has 2 rings (SSSR count). The molecule has 0 unspecified atom stereocenters. The number of aromatic hydroxyl groups is 2. The molecule has 20 heavy (non-hydrogen) atoms. The van der Waals surface area contributed by atoms with Crippen LogP contribution in [-0.2, 0) is 0 Å². The van der Waals surface area contributed by atoms with E-state index in [1.165, 1.54) is 6.07 Å². The van der Waals surface area contributed by atoms with Gasteiger partial charge in [-0.1, -0.05) is 0 Å². The second-order valence-electron chi connectivity index (χ2n) is 3.98. The van der Waals surface area contributed by atoms with E-state index in [1.54, 1.807) is 0 Å². The van der Waals surface area contributed by atoms with Gasteiger partial charge in [0, 0.05) is 0 Å². The summed E-state index contributed by atoms with van der Waals surface area (Å²) in [4.78, 5) is 11.9. The van der Waals surface area contributed by atoms with Crippen molar-refractivity contribution in [3.63, 3.8) is 0 Å². The van der Waals surface area contributed by atoms with E-state index >= 15 is 0 Å². The van der Waals surface area contributed by atoms with Gasteiger partial charge in [-0.2, -0.15) is 0 Å². The quantitative estimate of drug-likeness (QED) is 0.501. The molecule has 0 aliphatic rings. The van der Waals surface area contributed by atoms with E-state index < -0.39 is 29.0 Å². The van der Waals surface area contributed by atoms with Gasteiger partial charge in [0.1, 0.15) is 17.2 Å². The van der Waals surface area contributed by atoms with Crippen LogP contribution in [0.5, 0.6) is 11.5 Å². The van der Waals surface area contributed by atoms with Gasteiger partial charge in [0.2, 0.25) is 0 Å². The molecule has 0 spiro atoms. The molecular formula is C13H10F2N2O3. The lowest BCUT2D eigenvalue weighted by molar-refractivity contribution is 0.102. The molecule has 0 aromatic heterocycles. The van der Waals surface area contributed by atoms with Gasteiger partial charge >= 0.3 is 0 Å². The third-order valence-corrected chi connectivity index (χ3v) is 2.59. The Morgan fingerprint density at radius 3 is 2.55 bits per heavy atom. The van der Waals surface area contributed by atoms with Crippen molar-refractivity contribution >= 4 is 17.3 Å². The summed E-state index contributed by atoms with van der Waals surface area (Å²) in [7, 11) is 0. The summed E-state index contributed by atoms with van der Waals surface area (Å²) in [6.07, 6.45) is 0. The summed E-state index contributed by atoms with van der Waals surface area (Å²) in [5, 5.41) is 20.8. The second-order valence-corrected chi connectivity index (χ2v) is 3.98. The topological polar surface area (TPSA) is 95.6 Å². The van der Waals surface area contributed by atoms with Crippen LogP contribution in [0.1, 0.15) is 10.4 Å². The van der Waals surface area contributed by atoms with Crippen LogP contribution in [0.15, 0.2) is 30.3 Å². The molecule has 5 N–H and O–H groups in total. The lowest BCUT2D eigenvalue weighted by Crippen LogP contribution is -2.15. The van der Waals surface area contributed by atoms with Crippen LogP contribution in [0, 0.1) is 11.6 Å². The number of carbonyl (C=O) groups excluding carboxylic acids is 1. The van der Waals surface area contributed by atoms with E-state index in [0.717, 1.165) is 24.3 Å². The van der Waals surface area contributed by atoms with Crippen LogP contribution in [0.2, 0.25) is 0 Å². The van der Waals surface area contributed by atoms with Crippen LogP contribution < -0.4 is 11.1 Å². The van der Waals surface area contributed by atoms with Gasteiger partial charge in [0.15, 0.2) is 11.6 Å². The van der Waals surface area contributed by atoms with E-state index in [9.17, 15) is 23.8 Å². The minimum Gasteiger partial charge on any atom is -0.508 e. The number of halogens is 2. The molecule has 2 aromatic rings. The molecule has 0 aliphatic heterocycles. The van der Waals surface area contributed by atoms with Gasteiger partial charge in [-0.3, -0.25) is 4.79 Å². The molecule has 0 fully saturated rings. The Hall–Kier alpha value is -2.83. The molecule has 0 atom stereocenters. The summed E-state index contributed by atoms with van der Waals surface area (Å²) < 4.78 is 26.6. The zero-order valence-corrected chi connectivity index (χ0v) is 10.0. The molecule has 2 aromatic carbocycles. The average Bonchev–Trinajstić information content (AvgIpc) is 2.41. The number of amides is 1. The number of rotatable bonds is 2. The number of nitrogen functional groups attached to an aromatic ring is 1. The molecule has 0 aliphatic carbocycles. The number of phenols is 2. The summed E-state index contributed by atoms with van der Waals surface area (Å²) in [5.74, 6) is -4.10. The first-order valence-electron chi connectivity index (χ1n) is 5.47. The first-order chi connectivity index (χ1) is 9.40. The van der Waals surface area contributed by atoms with Gasteiger partial charge in [0.05, 0.1) is 11.3 Å². The first-order valence-corrected chi connectivity index (χ1v) is 5.47. The Morgan fingerprint density at radius 1 is 1.15 bits per heavy atom. The van der Waals surface area contributed by atoms with Crippen molar-refractivity contribution in [2.75, 3.05) is 11.1 Å². The molecule has 0 heterocycles. The van der Waals surface area contributed by atoms with Crippen molar-refractivity contribution in [3.05, 3.63) is 47.5 Å². The molecule has 0 saturated heterocycles. The number of benzene rings is 2. The maximum Gasteiger partial charge on any atom is 0.259 e. The van der Waals surface area contributed by atoms with E-state index in [-0.39, 0.29) is 17.0 Å². The Labute approximate surface area is 112 Å². The monoisotopic (exact) mass is 280 g/mol. The number of phenolic OH excluding ortho intramolecular Hbond substituents is 2. The predicted molar refractivity (Wildman–Crippen MR) is 68.5 cm³/mol. The fourth-order valence-electron chi connectivity index (χ4n) is 1.58. The number of anilines is 2. The van der Waals surface area contributed by atoms with Crippen molar-refractivity contribution in [1.82, 2.24) is 0 Å². The molecule has 104 valence electrons. The molecule has 5 nitrogen and oxygen atoms in total. The van der Waals surface area contributed by atoms with Gasteiger partial charge in [-0.15, -0.1) is 0 Å². The summed E-state index contributed by atoms with van der Waals surface area (Å²) in [6, 6.07) is 5.17. The van der Waals surface area contributed by atoms with Crippen LogP contribution >= 0.6 is 0 Å². The zero-order chi connectivity index (χ0) is 14.9. The zero-order valence-electron chi connectivity index (χ0n) is 10.0.